The molecular weight excluding hydrogens is 336 g/mol. The lowest BCUT2D eigenvalue weighted by molar-refractivity contribution is 0.107. The summed E-state index contributed by atoms with van der Waals surface area (Å²) in [5.41, 5.74) is 2.90. The number of nitrogens with zero attached hydrogens (tertiary/aromatic N) is 1. The Morgan fingerprint density at radius 2 is 1.91 bits per heavy atom. The Morgan fingerprint density at radius 3 is 2.61 bits per heavy atom. The fraction of sp³-hybridized carbons (Fsp3) is 0.333. The molecule has 2 nitrogen and oxygen atoms in total. The number of halogens is 3. The van der Waals surface area contributed by atoms with Crippen molar-refractivity contribution in [2.75, 3.05) is 14.1 Å². The predicted octanol–water partition coefficient (Wildman–Crippen LogP) is 5.05. The maximum atomic E-state index is 14.1. The van der Waals surface area contributed by atoms with E-state index in [9.17, 15) is 4.39 Å². The zero-order valence-electron chi connectivity index (χ0n) is 13.2. The average molecular weight is 354 g/mol. The molecule has 0 radical (unpaired) electrons. The minimum Gasteiger partial charge on any atom is -0.481 e. The highest BCUT2D eigenvalue weighted by Gasteiger charge is 2.37. The Bertz CT molecular complexity index is 748. The van der Waals surface area contributed by atoms with Crippen molar-refractivity contribution in [1.29, 1.82) is 0 Å². The second kappa shape index (κ2) is 6.31. The number of fused-ring (bicyclic) bond motifs is 1. The van der Waals surface area contributed by atoms with E-state index in [1.165, 1.54) is 6.07 Å². The van der Waals surface area contributed by atoms with Crippen LogP contribution in [0.4, 0.5) is 4.39 Å². The summed E-state index contributed by atoms with van der Waals surface area (Å²) in [5, 5.41) is 1.20. The second-order valence-electron chi connectivity index (χ2n) is 6.16. The Labute approximate surface area is 145 Å². The number of likely N-dealkylation sites (N-methyl/N-ethyl adjacent to an activating group) is 1. The van der Waals surface area contributed by atoms with Crippen LogP contribution in [-0.4, -0.2) is 25.0 Å². The van der Waals surface area contributed by atoms with Gasteiger partial charge in [-0.1, -0.05) is 29.3 Å². The molecule has 0 amide bonds. The van der Waals surface area contributed by atoms with Gasteiger partial charge in [0.1, 0.15) is 6.10 Å². The van der Waals surface area contributed by atoms with Crippen molar-refractivity contribution in [2.45, 2.75) is 25.5 Å². The molecule has 0 heterocycles. The van der Waals surface area contributed by atoms with Gasteiger partial charge in [0.05, 0.1) is 6.04 Å². The minimum atomic E-state index is -0.366. The number of hydrogen-bond donors (Lipinski definition) is 0. The third kappa shape index (κ3) is 3.18. The van der Waals surface area contributed by atoms with E-state index in [0.29, 0.717) is 10.0 Å². The van der Waals surface area contributed by atoms with E-state index in [1.54, 1.807) is 18.2 Å². The van der Waals surface area contributed by atoms with Crippen LogP contribution >= 0.6 is 23.2 Å². The Morgan fingerprint density at radius 1 is 1.17 bits per heavy atom. The minimum absolute atomic E-state index is 0.0703. The van der Waals surface area contributed by atoms with E-state index < -0.39 is 0 Å². The largest absolute Gasteiger partial charge is 0.481 e. The van der Waals surface area contributed by atoms with Crippen LogP contribution in [0.5, 0.6) is 5.75 Å². The molecule has 1 aliphatic rings. The van der Waals surface area contributed by atoms with Crippen molar-refractivity contribution in [3.8, 4) is 5.75 Å². The van der Waals surface area contributed by atoms with Crippen LogP contribution in [0.2, 0.25) is 10.0 Å². The van der Waals surface area contributed by atoms with E-state index in [4.69, 9.17) is 27.9 Å². The van der Waals surface area contributed by atoms with Crippen molar-refractivity contribution in [1.82, 2.24) is 4.90 Å². The molecule has 3 rings (SSSR count). The summed E-state index contributed by atoms with van der Waals surface area (Å²) in [6.07, 6.45) is 0.434. The van der Waals surface area contributed by atoms with E-state index in [1.807, 2.05) is 27.1 Å². The summed E-state index contributed by atoms with van der Waals surface area (Å²) >= 11 is 12.5. The number of aryl methyl sites for hydroxylation is 1. The van der Waals surface area contributed by atoms with E-state index in [-0.39, 0.29) is 23.7 Å². The first-order valence-electron chi connectivity index (χ1n) is 7.44. The fourth-order valence-electron chi connectivity index (χ4n) is 3.05. The molecule has 2 atom stereocenters. The van der Waals surface area contributed by atoms with Gasteiger partial charge in [-0.25, -0.2) is 4.39 Å². The molecule has 0 aromatic heterocycles. The van der Waals surface area contributed by atoms with Crippen LogP contribution in [0.25, 0.3) is 0 Å². The molecule has 0 aliphatic heterocycles. The summed E-state index contributed by atoms with van der Waals surface area (Å²) in [6.45, 7) is 1.91. The maximum absolute atomic E-state index is 14.1. The molecule has 0 spiro atoms. The SMILES string of the molecule is Cc1ccc(F)c(O[C@H]2c3cc(Cl)cc(Cl)c3C[C@@H]2N(C)C)c1. The molecule has 0 saturated heterocycles. The standard InChI is InChI=1S/C18H18Cl2FNO/c1-10-4-5-15(21)17(6-10)23-18-13-7-11(19)8-14(20)12(13)9-16(18)22(2)3/h4-8,16,18H,9H2,1-3H3/t16-,18-/m0/s1. The molecule has 5 heteroatoms. The van der Waals surface area contributed by atoms with Gasteiger partial charge < -0.3 is 9.64 Å². The molecular formula is C18H18Cl2FNO. The molecule has 0 unspecified atom stereocenters. The lowest BCUT2D eigenvalue weighted by Crippen LogP contribution is -2.34. The summed E-state index contributed by atoms with van der Waals surface area (Å²) in [6, 6.07) is 8.54. The number of hydrogen-bond acceptors (Lipinski definition) is 2. The predicted molar refractivity (Wildman–Crippen MR) is 92.1 cm³/mol. The average Bonchev–Trinajstić information content (AvgIpc) is 2.82. The van der Waals surface area contributed by atoms with Gasteiger partial charge in [-0.15, -0.1) is 0 Å². The first-order chi connectivity index (χ1) is 10.9. The van der Waals surface area contributed by atoms with E-state index in [2.05, 4.69) is 4.90 Å². The first-order valence-corrected chi connectivity index (χ1v) is 8.19. The highest BCUT2D eigenvalue weighted by molar-refractivity contribution is 6.35. The Kier molecular flexibility index (Phi) is 4.54. The van der Waals surface area contributed by atoms with Gasteiger partial charge in [-0.3, -0.25) is 0 Å². The van der Waals surface area contributed by atoms with Crippen LogP contribution in [0, 0.1) is 12.7 Å². The van der Waals surface area contributed by atoms with Crippen molar-refractivity contribution < 1.29 is 9.13 Å². The zero-order valence-corrected chi connectivity index (χ0v) is 14.7. The highest BCUT2D eigenvalue weighted by atomic mass is 35.5. The van der Waals surface area contributed by atoms with Gasteiger partial charge in [-0.2, -0.15) is 0 Å². The Balaban J connectivity index is 2.04. The van der Waals surface area contributed by atoms with Gasteiger partial charge in [0.15, 0.2) is 11.6 Å². The highest BCUT2D eigenvalue weighted by Crippen LogP contribution is 2.42. The summed E-state index contributed by atoms with van der Waals surface area (Å²) in [7, 11) is 3.96. The van der Waals surface area contributed by atoms with Crippen molar-refractivity contribution in [2.24, 2.45) is 0 Å². The van der Waals surface area contributed by atoms with Gasteiger partial charge in [-0.05, 0) is 62.8 Å². The van der Waals surface area contributed by atoms with Crippen LogP contribution < -0.4 is 4.74 Å². The van der Waals surface area contributed by atoms with Gasteiger partial charge in [0.25, 0.3) is 0 Å². The lowest BCUT2D eigenvalue weighted by Gasteiger charge is -2.27. The number of benzene rings is 2. The monoisotopic (exact) mass is 353 g/mol. The molecule has 1 aliphatic carbocycles. The molecule has 122 valence electrons. The van der Waals surface area contributed by atoms with Gasteiger partial charge >= 0.3 is 0 Å². The maximum Gasteiger partial charge on any atom is 0.165 e. The third-order valence-electron chi connectivity index (χ3n) is 4.27. The normalized spacial score (nSPS) is 20.0. The van der Waals surface area contributed by atoms with Crippen LogP contribution in [0.1, 0.15) is 22.8 Å². The molecule has 0 N–H and O–H groups in total. The molecule has 23 heavy (non-hydrogen) atoms. The van der Waals surface area contributed by atoms with Crippen molar-refractivity contribution in [3.63, 3.8) is 0 Å². The Hall–Kier alpha value is -1.29. The molecule has 2 aromatic rings. The molecule has 0 fully saturated rings. The molecule has 2 aromatic carbocycles. The quantitative estimate of drug-likeness (QED) is 0.765. The van der Waals surface area contributed by atoms with E-state index in [0.717, 1.165) is 23.1 Å². The zero-order chi connectivity index (χ0) is 16.7. The summed E-state index contributed by atoms with van der Waals surface area (Å²) in [4.78, 5) is 2.07. The van der Waals surface area contributed by atoms with Crippen molar-refractivity contribution in [3.05, 3.63) is 62.9 Å². The first kappa shape index (κ1) is 16.6. The summed E-state index contributed by atoms with van der Waals surface area (Å²) in [5.74, 6) is -0.111. The van der Waals surface area contributed by atoms with Gasteiger partial charge in [0.2, 0.25) is 0 Å². The van der Waals surface area contributed by atoms with Crippen LogP contribution in [0.3, 0.4) is 0 Å². The number of ether oxygens (including phenoxy) is 1. The van der Waals surface area contributed by atoms with Crippen molar-refractivity contribution >= 4 is 23.2 Å². The second-order valence-corrected chi connectivity index (χ2v) is 7.01. The summed E-state index contributed by atoms with van der Waals surface area (Å²) < 4.78 is 20.2. The lowest BCUT2D eigenvalue weighted by atomic mass is 10.1. The number of rotatable bonds is 3. The smallest absolute Gasteiger partial charge is 0.165 e. The molecule has 0 bridgehead atoms. The topological polar surface area (TPSA) is 12.5 Å². The van der Waals surface area contributed by atoms with Crippen LogP contribution in [-0.2, 0) is 6.42 Å². The third-order valence-corrected chi connectivity index (χ3v) is 4.82. The van der Waals surface area contributed by atoms with E-state index >= 15 is 0 Å². The van der Waals surface area contributed by atoms with Gasteiger partial charge in [0, 0.05) is 15.6 Å². The fourth-order valence-corrected chi connectivity index (χ4v) is 3.64. The molecule has 0 saturated carbocycles. The van der Waals surface area contributed by atoms with Crippen LogP contribution in [0.15, 0.2) is 30.3 Å².